The lowest BCUT2D eigenvalue weighted by molar-refractivity contribution is -0.155. The second kappa shape index (κ2) is 9.43. The van der Waals surface area contributed by atoms with Gasteiger partial charge in [-0.1, -0.05) is 13.8 Å². The van der Waals surface area contributed by atoms with E-state index in [0.717, 1.165) is 12.8 Å². The SMILES string of the molecule is CCCN(CCC)C(=O)C(=O)N1CCC(C(=O)OCC)CC1. The molecule has 0 unspecified atom stereocenters. The van der Waals surface area contributed by atoms with Crippen molar-refractivity contribution in [3.05, 3.63) is 0 Å². The number of carbonyl (C=O) groups excluding carboxylic acids is 3. The second-order valence-electron chi connectivity index (χ2n) is 5.61. The van der Waals surface area contributed by atoms with Crippen molar-refractivity contribution in [3.8, 4) is 0 Å². The number of piperidine rings is 1. The van der Waals surface area contributed by atoms with Crippen LogP contribution in [0.2, 0.25) is 0 Å². The summed E-state index contributed by atoms with van der Waals surface area (Å²) < 4.78 is 5.01. The van der Waals surface area contributed by atoms with Crippen LogP contribution in [0.4, 0.5) is 0 Å². The summed E-state index contributed by atoms with van der Waals surface area (Å²) >= 11 is 0. The van der Waals surface area contributed by atoms with E-state index >= 15 is 0 Å². The summed E-state index contributed by atoms with van der Waals surface area (Å²) in [6, 6.07) is 0. The van der Waals surface area contributed by atoms with E-state index in [1.807, 2.05) is 13.8 Å². The molecule has 0 radical (unpaired) electrons. The highest BCUT2D eigenvalue weighted by Gasteiger charge is 2.32. The molecule has 1 rings (SSSR count). The Morgan fingerprint density at radius 1 is 1.05 bits per heavy atom. The molecule has 0 spiro atoms. The van der Waals surface area contributed by atoms with Crippen LogP contribution in [0.25, 0.3) is 0 Å². The van der Waals surface area contributed by atoms with Crippen molar-refractivity contribution in [1.29, 1.82) is 0 Å². The number of rotatable bonds is 6. The standard InChI is InChI=1S/C16H28N2O4/c1-4-9-17(10-5-2)14(19)15(20)18-11-7-13(8-12-18)16(21)22-6-3/h13H,4-12H2,1-3H3. The highest BCUT2D eigenvalue weighted by molar-refractivity contribution is 6.34. The van der Waals surface area contributed by atoms with Crippen LogP contribution in [0.5, 0.6) is 0 Å². The maximum absolute atomic E-state index is 12.3. The molecule has 0 saturated carbocycles. The summed E-state index contributed by atoms with van der Waals surface area (Å²) in [6.45, 7) is 8.25. The molecule has 126 valence electrons. The van der Waals surface area contributed by atoms with E-state index in [4.69, 9.17) is 4.74 Å². The molecule has 6 nitrogen and oxygen atoms in total. The zero-order chi connectivity index (χ0) is 16.5. The maximum atomic E-state index is 12.3. The van der Waals surface area contributed by atoms with Gasteiger partial charge >= 0.3 is 17.8 Å². The van der Waals surface area contributed by atoms with Gasteiger partial charge in [-0.25, -0.2) is 0 Å². The smallest absolute Gasteiger partial charge is 0.312 e. The van der Waals surface area contributed by atoms with Crippen molar-refractivity contribution < 1.29 is 19.1 Å². The summed E-state index contributed by atoms with van der Waals surface area (Å²) in [6.07, 6.45) is 2.81. The molecule has 0 atom stereocenters. The van der Waals surface area contributed by atoms with Crippen LogP contribution in [0.1, 0.15) is 46.5 Å². The Hall–Kier alpha value is -1.59. The normalized spacial score (nSPS) is 15.5. The number of nitrogens with zero attached hydrogens (tertiary/aromatic N) is 2. The Bertz CT molecular complexity index is 384. The Balaban J connectivity index is 2.53. The van der Waals surface area contributed by atoms with E-state index in [9.17, 15) is 14.4 Å². The summed E-state index contributed by atoms with van der Waals surface area (Å²) in [4.78, 5) is 39.5. The number of carbonyl (C=O) groups is 3. The average Bonchev–Trinajstić information content (AvgIpc) is 2.53. The molecule has 6 heteroatoms. The Morgan fingerprint density at radius 2 is 1.59 bits per heavy atom. The molecule has 2 amide bonds. The van der Waals surface area contributed by atoms with E-state index in [-0.39, 0.29) is 11.9 Å². The molecule has 0 N–H and O–H groups in total. The third-order valence-electron chi connectivity index (χ3n) is 3.86. The lowest BCUT2D eigenvalue weighted by atomic mass is 9.97. The molecular weight excluding hydrogens is 284 g/mol. The van der Waals surface area contributed by atoms with Gasteiger partial charge in [-0.05, 0) is 32.6 Å². The van der Waals surface area contributed by atoms with Crippen molar-refractivity contribution >= 4 is 17.8 Å². The molecule has 1 heterocycles. The zero-order valence-corrected chi connectivity index (χ0v) is 14.0. The van der Waals surface area contributed by atoms with Gasteiger partial charge in [0.1, 0.15) is 0 Å². The first kappa shape index (κ1) is 18.5. The quantitative estimate of drug-likeness (QED) is 0.550. The number of likely N-dealkylation sites (tertiary alicyclic amines) is 1. The molecule has 1 aliphatic heterocycles. The van der Waals surface area contributed by atoms with Gasteiger partial charge < -0.3 is 14.5 Å². The van der Waals surface area contributed by atoms with Gasteiger partial charge in [0.15, 0.2) is 0 Å². The predicted octanol–water partition coefficient (Wildman–Crippen LogP) is 1.44. The van der Waals surface area contributed by atoms with Crippen LogP contribution in [-0.2, 0) is 19.1 Å². The van der Waals surface area contributed by atoms with Gasteiger partial charge in [0.2, 0.25) is 0 Å². The minimum absolute atomic E-state index is 0.151. The third kappa shape index (κ3) is 5.00. The lowest BCUT2D eigenvalue weighted by Crippen LogP contribution is -2.49. The van der Waals surface area contributed by atoms with Gasteiger partial charge in [-0.2, -0.15) is 0 Å². The maximum Gasteiger partial charge on any atom is 0.312 e. The van der Waals surface area contributed by atoms with Gasteiger partial charge in [0.05, 0.1) is 12.5 Å². The van der Waals surface area contributed by atoms with Crippen LogP contribution >= 0.6 is 0 Å². The van der Waals surface area contributed by atoms with E-state index < -0.39 is 11.8 Å². The van der Waals surface area contributed by atoms with E-state index in [1.165, 1.54) is 0 Å². The summed E-state index contributed by atoms with van der Waals surface area (Å²) in [7, 11) is 0. The van der Waals surface area contributed by atoms with Gasteiger partial charge in [0, 0.05) is 26.2 Å². The minimum atomic E-state index is -0.441. The lowest BCUT2D eigenvalue weighted by Gasteiger charge is -2.32. The number of esters is 1. The molecule has 1 saturated heterocycles. The molecule has 0 aliphatic carbocycles. The van der Waals surface area contributed by atoms with Crippen molar-refractivity contribution in [3.63, 3.8) is 0 Å². The predicted molar refractivity (Wildman–Crippen MR) is 83.1 cm³/mol. The van der Waals surface area contributed by atoms with E-state index in [0.29, 0.717) is 45.6 Å². The van der Waals surface area contributed by atoms with Gasteiger partial charge in [-0.3, -0.25) is 14.4 Å². The number of hydrogen-bond donors (Lipinski definition) is 0. The van der Waals surface area contributed by atoms with E-state index in [2.05, 4.69) is 0 Å². The molecular formula is C16H28N2O4. The largest absolute Gasteiger partial charge is 0.466 e. The molecule has 0 bridgehead atoms. The molecule has 0 aromatic heterocycles. The molecule has 1 aliphatic rings. The molecule has 22 heavy (non-hydrogen) atoms. The topological polar surface area (TPSA) is 66.9 Å². The Morgan fingerprint density at radius 3 is 2.05 bits per heavy atom. The highest BCUT2D eigenvalue weighted by Crippen LogP contribution is 2.19. The molecule has 0 aromatic carbocycles. The van der Waals surface area contributed by atoms with Gasteiger partial charge in [-0.15, -0.1) is 0 Å². The second-order valence-corrected chi connectivity index (χ2v) is 5.61. The average molecular weight is 312 g/mol. The summed E-state index contributed by atoms with van der Waals surface area (Å²) in [5.41, 5.74) is 0. The molecule has 1 fully saturated rings. The third-order valence-corrected chi connectivity index (χ3v) is 3.86. The number of ether oxygens (including phenoxy) is 1. The molecule has 0 aromatic rings. The van der Waals surface area contributed by atoms with Gasteiger partial charge in [0.25, 0.3) is 0 Å². The minimum Gasteiger partial charge on any atom is -0.466 e. The fourth-order valence-electron chi connectivity index (χ4n) is 2.70. The van der Waals surface area contributed by atoms with Crippen molar-refractivity contribution in [2.75, 3.05) is 32.8 Å². The monoisotopic (exact) mass is 312 g/mol. The first-order valence-electron chi connectivity index (χ1n) is 8.29. The van der Waals surface area contributed by atoms with E-state index in [1.54, 1.807) is 16.7 Å². The van der Waals surface area contributed by atoms with Crippen molar-refractivity contribution in [2.24, 2.45) is 5.92 Å². The number of hydrogen-bond acceptors (Lipinski definition) is 4. The van der Waals surface area contributed by atoms with Crippen molar-refractivity contribution in [1.82, 2.24) is 9.80 Å². The number of amides is 2. The Labute approximate surface area is 132 Å². The zero-order valence-electron chi connectivity index (χ0n) is 14.0. The highest BCUT2D eigenvalue weighted by atomic mass is 16.5. The fraction of sp³-hybridized carbons (Fsp3) is 0.812. The first-order valence-corrected chi connectivity index (χ1v) is 8.29. The summed E-state index contributed by atoms with van der Waals surface area (Å²) in [5, 5.41) is 0. The van der Waals surface area contributed by atoms with Crippen LogP contribution in [0.3, 0.4) is 0 Å². The van der Waals surface area contributed by atoms with Crippen LogP contribution < -0.4 is 0 Å². The van der Waals surface area contributed by atoms with Crippen LogP contribution in [-0.4, -0.2) is 60.4 Å². The van der Waals surface area contributed by atoms with Crippen LogP contribution in [0.15, 0.2) is 0 Å². The first-order chi connectivity index (χ1) is 10.5. The Kier molecular flexibility index (Phi) is 7.91. The van der Waals surface area contributed by atoms with Crippen LogP contribution in [0, 0.1) is 5.92 Å². The summed E-state index contributed by atoms with van der Waals surface area (Å²) in [5.74, 6) is -1.21. The van der Waals surface area contributed by atoms with Crippen molar-refractivity contribution in [2.45, 2.75) is 46.5 Å². The fourth-order valence-corrected chi connectivity index (χ4v) is 2.70.